The van der Waals surface area contributed by atoms with Crippen molar-refractivity contribution in [3.63, 3.8) is 0 Å². The first kappa shape index (κ1) is 30.1. The summed E-state index contributed by atoms with van der Waals surface area (Å²) >= 11 is 0. The van der Waals surface area contributed by atoms with E-state index in [1.165, 1.54) is 5.56 Å². The summed E-state index contributed by atoms with van der Waals surface area (Å²) in [5.74, 6) is 0.588. The fraction of sp³-hybridized carbons (Fsp3) is 0.424. The van der Waals surface area contributed by atoms with E-state index in [1.807, 2.05) is 60.7 Å². The fourth-order valence-electron chi connectivity index (χ4n) is 5.03. The number of nitrogens with one attached hydrogen (secondary N) is 2. The van der Waals surface area contributed by atoms with Crippen molar-refractivity contribution < 1.29 is 19.4 Å². The van der Waals surface area contributed by atoms with E-state index in [1.54, 1.807) is 0 Å². The number of unbranched alkanes of at least 4 members (excludes halogenated alkanes) is 1. The van der Waals surface area contributed by atoms with E-state index in [9.17, 15) is 14.7 Å². The summed E-state index contributed by atoms with van der Waals surface area (Å²) in [6.07, 6.45) is 6.25. The molecule has 8 nitrogen and oxygen atoms in total. The lowest BCUT2D eigenvalue weighted by Crippen LogP contribution is -2.43. The van der Waals surface area contributed by atoms with Gasteiger partial charge in [0.15, 0.2) is 0 Å². The minimum atomic E-state index is -1.01. The van der Waals surface area contributed by atoms with Gasteiger partial charge in [0.1, 0.15) is 24.2 Å². The zero-order valence-corrected chi connectivity index (χ0v) is 23.8. The Morgan fingerprint density at radius 2 is 1.73 bits per heavy atom. The van der Waals surface area contributed by atoms with Gasteiger partial charge < -0.3 is 20.5 Å². The molecule has 1 aliphatic heterocycles. The van der Waals surface area contributed by atoms with Crippen LogP contribution in [0.15, 0.2) is 72.8 Å². The molecule has 0 spiro atoms. The Morgan fingerprint density at radius 1 is 0.951 bits per heavy atom. The molecule has 3 aromatic rings. The highest BCUT2D eigenvalue weighted by Gasteiger charge is 2.21. The monoisotopic (exact) mass is 558 g/mol. The summed E-state index contributed by atoms with van der Waals surface area (Å²) in [6, 6.07) is 22.8. The third kappa shape index (κ3) is 10.5. The highest BCUT2D eigenvalue weighted by Crippen LogP contribution is 2.20. The highest BCUT2D eigenvalue weighted by molar-refractivity contribution is 5.83. The predicted octanol–water partition coefficient (Wildman–Crippen LogP) is 4.74. The molecule has 0 saturated carbocycles. The molecule has 3 N–H and O–H groups in total. The molecule has 1 amide bonds. The van der Waals surface area contributed by atoms with Gasteiger partial charge in [-0.25, -0.2) is 9.78 Å². The normalized spacial score (nSPS) is 13.2. The topological polar surface area (TPSA) is 104 Å². The number of aromatic nitrogens is 1. The largest absolute Gasteiger partial charge is 0.492 e. The number of carbonyl (C=O) groups excluding carboxylic acids is 1. The molecule has 2 heterocycles. The first-order valence-corrected chi connectivity index (χ1v) is 14.8. The number of anilines is 1. The fourth-order valence-corrected chi connectivity index (χ4v) is 5.03. The summed E-state index contributed by atoms with van der Waals surface area (Å²) in [5, 5.41) is 15.9. The number of aryl methyl sites for hydroxylation is 3. The van der Waals surface area contributed by atoms with E-state index in [4.69, 9.17) is 9.72 Å². The van der Waals surface area contributed by atoms with Gasteiger partial charge in [0.2, 0.25) is 5.91 Å². The molecule has 4 rings (SSSR count). The van der Waals surface area contributed by atoms with Crippen LogP contribution >= 0.6 is 0 Å². The minimum Gasteiger partial charge on any atom is -0.492 e. The van der Waals surface area contributed by atoms with Gasteiger partial charge in [0, 0.05) is 31.7 Å². The number of para-hydroxylation sites is 1. The van der Waals surface area contributed by atoms with E-state index in [0.717, 1.165) is 68.0 Å². The first-order chi connectivity index (χ1) is 20.1. The maximum Gasteiger partial charge on any atom is 0.326 e. The smallest absolute Gasteiger partial charge is 0.326 e. The Balaban J connectivity index is 1.26. The van der Waals surface area contributed by atoms with Crippen LogP contribution in [0.3, 0.4) is 0 Å². The SMILES string of the molecule is O=C(CCc1ccccc1)NC(CCN(CCCCc1ccc2c(n1)NCCC2)CCOc1ccccc1)C(=O)O. The van der Waals surface area contributed by atoms with Gasteiger partial charge in [-0.15, -0.1) is 0 Å². The van der Waals surface area contributed by atoms with Gasteiger partial charge in [0.25, 0.3) is 0 Å². The minimum absolute atomic E-state index is 0.243. The van der Waals surface area contributed by atoms with Crippen LogP contribution in [0.25, 0.3) is 0 Å². The van der Waals surface area contributed by atoms with Gasteiger partial charge in [-0.2, -0.15) is 0 Å². The molecular formula is C33H42N4O4. The van der Waals surface area contributed by atoms with Crippen molar-refractivity contribution >= 4 is 17.7 Å². The lowest BCUT2D eigenvalue weighted by molar-refractivity contribution is -0.142. The third-order valence-electron chi connectivity index (χ3n) is 7.38. The Hall–Kier alpha value is -3.91. The molecule has 1 aromatic heterocycles. The van der Waals surface area contributed by atoms with Crippen LogP contribution in [0.4, 0.5) is 5.82 Å². The van der Waals surface area contributed by atoms with E-state index < -0.39 is 12.0 Å². The van der Waals surface area contributed by atoms with Crippen molar-refractivity contribution in [3.05, 3.63) is 89.6 Å². The number of aliphatic carboxylic acids is 1. The predicted molar refractivity (Wildman–Crippen MR) is 161 cm³/mol. The molecule has 0 saturated heterocycles. The van der Waals surface area contributed by atoms with E-state index in [-0.39, 0.29) is 12.3 Å². The second-order valence-corrected chi connectivity index (χ2v) is 10.5. The molecule has 8 heteroatoms. The quantitative estimate of drug-likeness (QED) is 0.206. The summed E-state index contributed by atoms with van der Waals surface area (Å²) in [5.41, 5.74) is 3.45. The summed E-state index contributed by atoms with van der Waals surface area (Å²) in [4.78, 5) is 31.5. The Kier molecular flexibility index (Phi) is 12.0. The molecular weight excluding hydrogens is 516 g/mol. The number of carboxylic acids is 1. The van der Waals surface area contributed by atoms with Crippen molar-refractivity contribution in [3.8, 4) is 5.75 Å². The molecule has 1 aliphatic rings. The average Bonchev–Trinajstić information content (AvgIpc) is 3.00. The van der Waals surface area contributed by atoms with Gasteiger partial charge in [0.05, 0.1) is 0 Å². The van der Waals surface area contributed by atoms with Crippen LogP contribution in [0, 0.1) is 0 Å². The van der Waals surface area contributed by atoms with Crippen molar-refractivity contribution in [1.29, 1.82) is 0 Å². The number of carbonyl (C=O) groups is 2. The van der Waals surface area contributed by atoms with Crippen LogP contribution in [0.5, 0.6) is 5.75 Å². The number of ether oxygens (including phenoxy) is 1. The van der Waals surface area contributed by atoms with E-state index in [0.29, 0.717) is 32.5 Å². The Labute approximate surface area is 243 Å². The van der Waals surface area contributed by atoms with Gasteiger partial charge >= 0.3 is 5.97 Å². The molecule has 41 heavy (non-hydrogen) atoms. The van der Waals surface area contributed by atoms with E-state index >= 15 is 0 Å². The number of carboxylic acid groups (broad SMARTS) is 1. The molecule has 218 valence electrons. The maximum atomic E-state index is 12.5. The van der Waals surface area contributed by atoms with Crippen molar-refractivity contribution in [2.24, 2.45) is 0 Å². The number of hydrogen-bond donors (Lipinski definition) is 3. The molecule has 2 aromatic carbocycles. The second-order valence-electron chi connectivity index (χ2n) is 10.5. The number of rotatable bonds is 17. The summed E-state index contributed by atoms with van der Waals surface area (Å²) < 4.78 is 5.91. The molecule has 0 radical (unpaired) electrons. The van der Waals surface area contributed by atoms with Crippen molar-refractivity contribution in [1.82, 2.24) is 15.2 Å². The van der Waals surface area contributed by atoms with Crippen LogP contribution in [0.2, 0.25) is 0 Å². The number of fused-ring (bicyclic) bond motifs is 1. The molecule has 0 fully saturated rings. The first-order valence-electron chi connectivity index (χ1n) is 14.8. The van der Waals surface area contributed by atoms with Crippen molar-refractivity contribution in [2.75, 3.05) is 38.1 Å². The zero-order chi connectivity index (χ0) is 28.7. The molecule has 0 aliphatic carbocycles. The van der Waals surface area contributed by atoms with Gasteiger partial charge in [-0.1, -0.05) is 54.6 Å². The standard InChI is InChI=1S/C33H42N4O4/c38-31(19-16-26-10-3-1-4-11-26)36-30(33(39)40)20-23-37(24-25-41-29-14-5-2-6-15-29)22-8-7-13-28-18-17-27-12-9-21-34-32(27)35-28/h1-6,10-11,14-15,17-18,30H,7-9,12-13,16,19-25H2,(H,34,35)(H,36,38)(H,39,40). The van der Waals surface area contributed by atoms with Crippen LogP contribution in [-0.4, -0.2) is 65.7 Å². The van der Waals surface area contributed by atoms with Gasteiger partial charge in [-0.3, -0.25) is 9.69 Å². The molecule has 0 bridgehead atoms. The Morgan fingerprint density at radius 3 is 2.51 bits per heavy atom. The van der Waals surface area contributed by atoms with Crippen molar-refractivity contribution in [2.45, 2.75) is 57.4 Å². The van der Waals surface area contributed by atoms with Gasteiger partial charge in [-0.05, 0) is 80.8 Å². The van der Waals surface area contributed by atoms with Crippen LogP contribution in [-0.2, 0) is 28.9 Å². The van der Waals surface area contributed by atoms with E-state index in [2.05, 4.69) is 27.7 Å². The second kappa shape index (κ2) is 16.4. The van der Waals surface area contributed by atoms with Crippen LogP contribution in [0.1, 0.15) is 48.9 Å². The highest BCUT2D eigenvalue weighted by atomic mass is 16.5. The number of amides is 1. The maximum absolute atomic E-state index is 12.5. The number of nitrogens with zero attached hydrogens (tertiary/aromatic N) is 2. The van der Waals surface area contributed by atoms with Crippen LogP contribution < -0.4 is 15.4 Å². The zero-order valence-electron chi connectivity index (χ0n) is 23.8. The lowest BCUT2D eigenvalue weighted by Gasteiger charge is -2.24. The Bertz CT molecular complexity index is 1220. The number of benzene rings is 2. The molecule has 1 unspecified atom stereocenters. The number of hydrogen-bond acceptors (Lipinski definition) is 6. The molecule has 1 atom stereocenters. The number of pyridine rings is 1. The third-order valence-corrected chi connectivity index (χ3v) is 7.38. The summed E-state index contributed by atoms with van der Waals surface area (Å²) in [7, 11) is 0. The lowest BCUT2D eigenvalue weighted by atomic mass is 10.1. The average molecular weight is 559 g/mol. The summed E-state index contributed by atoms with van der Waals surface area (Å²) in [6.45, 7) is 3.52.